The van der Waals surface area contributed by atoms with Crippen LogP contribution in [0, 0.1) is 12.7 Å². The smallest absolute Gasteiger partial charge is 0.194 e. The van der Waals surface area contributed by atoms with Crippen molar-refractivity contribution in [1.29, 1.82) is 0 Å². The van der Waals surface area contributed by atoms with Crippen LogP contribution in [0.1, 0.15) is 23.1 Å². The predicted octanol–water partition coefficient (Wildman–Crippen LogP) is 5.36. The third-order valence-electron chi connectivity index (χ3n) is 5.01. The van der Waals surface area contributed by atoms with E-state index in [1.807, 2.05) is 5.38 Å². The minimum atomic E-state index is -3.59. The normalized spacial score (nSPS) is 13.3. The van der Waals surface area contributed by atoms with Gasteiger partial charge in [0.15, 0.2) is 20.0 Å². The van der Waals surface area contributed by atoms with Gasteiger partial charge in [-0.05, 0) is 30.7 Å². The predicted molar refractivity (Wildman–Crippen MR) is 133 cm³/mol. The Hall–Kier alpha value is -1.79. The first-order valence-electron chi connectivity index (χ1n) is 10.3. The Morgan fingerprint density at radius 3 is 2.64 bits per heavy atom. The number of hydrogen-bond donors (Lipinski definition) is 1. The van der Waals surface area contributed by atoms with Crippen LogP contribution in [-0.4, -0.2) is 43.9 Å². The molecule has 1 atom stereocenters. The van der Waals surface area contributed by atoms with Gasteiger partial charge in [0.2, 0.25) is 0 Å². The first-order valence-corrected chi connectivity index (χ1v) is 17.2. The van der Waals surface area contributed by atoms with Gasteiger partial charge < -0.3 is 14.6 Å². The molecule has 0 aliphatic rings. The lowest BCUT2D eigenvalue weighted by atomic mass is 10.1. The first kappa shape index (κ1) is 25.8. The minimum Gasteiger partial charge on any atom is -0.361 e. The molecule has 1 aromatic carbocycles. The number of thiazole rings is 1. The number of nitrogens with zero attached hydrogens (tertiary/aromatic N) is 3. The highest BCUT2D eigenvalue weighted by Crippen LogP contribution is 2.32. The van der Waals surface area contributed by atoms with Crippen LogP contribution in [0.15, 0.2) is 34.8 Å². The molecule has 0 bridgehead atoms. The molecular formula is C21H28ClFN4O3S2Si. The quantitative estimate of drug-likeness (QED) is 0.280. The Kier molecular flexibility index (Phi) is 8.00. The van der Waals surface area contributed by atoms with Crippen molar-refractivity contribution >= 4 is 46.0 Å². The second-order valence-electron chi connectivity index (χ2n) is 9.00. The fraction of sp³-hybridized carbons (Fsp3) is 0.429. The average Bonchev–Trinajstić information content (AvgIpc) is 3.32. The molecule has 0 aliphatic carbocycles. The molecule has 3 aromatic rings. The summed E-state index contributed by atoms with van der Waals surface area (Å²) in [5.74, 6) is -0.127. The van der Waals surface area contributed by atoms with Crippen molar-refractivity contribution in [2.24, 2.45) is 0 Å². The molecule has 2 aromatic heterocycles. The number of ether oxygens (including phenoxy) is 1. The summed E-state index contributed by atoms with van der Waals surface area (Å²) in [6.07, 6.45) is 2.78. The number of halogens is 2. The number of anilines is 1. The van der Waals surface area contributed by atoms with Gasteiger partial charge in [-0.3, -0.25) is 0 Å². The molecule has 1 unspecified atom stereocenters. The number of sulfone groups is 1. The topological polar surface area (TPSA) is 86.1 Å². The summed E-state index contributed by atoms with van der Waals surface area (Å²) in [6.45, 7) is 9.19. The van der Waals surface area contributed by atoms with Crippen LogP contribution in [0.2, 0.25) is 30.7 Å². The molecular weight excluding hydrogens is 503 g/mol. The van der Waals surface area contributed by atoms with Crippen molar-refractivity contribution in [2.75, 3.05) is 18.2 Å². The summed E-state index contributed by atoms with van der Waals surface area (Å²) in [5.41, 5.74) is 1.09. The van der Waals surface area contributed by atoms with Gasteiger partial charge in [-0.1, -0.05) is 37.3 Å². The van der Waals surface area contributed by atoms with E-state index in [2.05, 4.69) is 34.9 Å². The third kappa shape index (κ3) is 6.63. The van der Waals surface area contributed by atoms with Crippen molar-refractivity contribution in [3.8, 4) is 0 Å². The molecule has 12 heteroatoms. The van der Waals surface area contributed by atoms with E-state index in [1.165, 1.54) is 23.5 Å². The summed E-state index contributed by atoms with van der Waals surface area (Å²) in [6, 6.07) is 4.71. The molecule has 0 saturated heterocycles. The molecule has 33 heavy (non-hydrogen) atoms. The standard InChI is InChI=1S/C21H28ClFN4O3S2Si/c1-14-20(32(2,28)29)26-19(27(14)13-30-9-11-33(3,4)5)18(25-21-24-8-10-31-21)15-6-7-17(23)16(22)12-15/h6-8,10,12,18H,9,11,13H2,1-5H3,(H,24,25). The number of benzene rings is 1. The lowest BCUT2D eigenvalue weighted by Crippen LogP contribution is -2.23. The molecule has 3 rings (SSSR count). The summed E-state index contributed by atoms with van der Waals surface area (Å²) in [4.78, 5) is 8.77. The lowest BCUT2D eigenvalue weighted by Gasteiger charge is -2.21. The summed E-state index contributed by atoms with van der Waals surface area (Å²) in [7, 11) is -4.88. The number of aromatic nitrogens is 3. The van der Waals surface area contributed by atoms with E-state index >= 15 is 0 Å². The van der Waals surface area contributed by atoms with Crippen LogP contribution in [0.3, 0.4) is 0 Å². The SMILES string of the molecule is Cc1c(S(C)(=O)=O)nc(C(Nc2nccs2)c2ccc(F)c(Cl)c2)n1COCC[Si](C)(C)C. The molecule has 0 amide bonds. The zero-order valence-electron chi connectivity index (χ0n) is 19.2. The molecule has 0 fully saturated rings. The molecule has 2 heterocycles. The van der Waals surface area contributed by atoms with E-state index in [0.717, 1.165) is 12.3 Å². The van der Waals surface area contributed by atoms with Crippen molar-refractivity contribution < 1.29 is 17.5 Å². The highest BCUT2D eigenvalue weighted by molar-refractivity contribution is 7.90. The van der Waals surface area contributed by atoms with E-state index in [4.69, 9.17) is 16.3 Å². The van der Waals surface area contributed by atoms with Gasteiger partial charge in [-0.15, -0.1) is 11.3 Å². The minimum absolute atomic E-state index is 0.0227. The maximum atomic E-state index is 13.9. The van der Waals surface area contributed by atoms with E-state index in [1.54, 1.807) is 23.8 Å². The Morgan fingerprint density at radius 2 is 2.06 bits per heavy atom. The molecule has 1 N–H and O–H groups in total. The van der Waals surface area contributed by atoms with E-state index in [0.29, 0.717) is 28.8 Å². The average molecular weight is 531 g/mol. The Morgan fingerprint density at radius 1 is 1.33 bits per heavy atom. The van der Waals surface area contributed by atoms with Gasteiger partial charge in [-0.25, -0.2) is 22.8 Å². The zero-order chi connectivity index (χ0) is 24.4. The largest absolute Gasteiger partial charge is 0.361 e. The Labute approximate surface area is 203 Å². The summed E-state index contributed by atoms with van der Waals surface area (Å²) < 4.78 is 46.4. The fourth-order valence-corrected chi connectivity index (χ4v) is 5.62. The molecule has 0 aliphatic heterocycles. The van der Waals surface area contributed by atoms with E-state index in [-0.39, 0.29) is 16.8 Å². The molecule has 0 saturated carbocycles. The second kappa shape index (κ2) is 10.2. The van der Waals surface area contributed by atoms with Gasteiger partial charge in [0.05, 0.1) is 10.7 Å². The lowest BCUT2D eigenvalue weighted by molar-refractivity contribution is 0.0834. The highest BCUT2D eigenvalue weighted by atomic mass is 35.5. The van der Waals surface area contributed by atoms with Gasteiger partial charge in [0.1, 0.15) is 24.4 Å². The fourth-order valence-electron chi connectivity index (χ4n) is 3.21. The van der Waals surface area contributed by atoms with Gasteiger partial charge in [-0.2, -0.15) is 0 Å². The third-order valence-corrected chi connectivity index (χ3v) is 8.80. The van der Waals surface area contributed by atoms with Crippen molar-refractivity contribution in [2.45, 2.75) is 50.4 Å². The maximum Gasteiger partial charge on any atom is 0.194 e. The summed E-state index contributed by atoms with van der Waals surface area (Å²) in [5, 5.41) is 5.64. The summed E-state index contributed by atoms with van der Waals surface area (Å²) >= 11 is 7.44. The number of rotatable bonds is 10. The van der Waals surface area contributed by atoms with Crippen molar-refractivity contribution in [3.63, 3.8) is 0 Å². The van der Waals surface area contributed by atoms with Crippen molar-refractivity contribution in [1.82, 2.24) is 14.5 Å². The molecule has 0 radical (unpaired) electrons. The molecule has 180 valence electrons. The van der Waals surface area contributed by atoms with Crippen LogP contribution in [0.4, 0.5) is 9.52 Å². The van der Waals surface area contributed by atoms with Crippen molar-refractivity contribution in [3.05, 3.63) is 57.7 Å². The second-order valence-corrected chi connectivity index (χ2v) is 17.9. The Bertz CT molecular complexity index is 1210. The number of hydrogen-bond acceptors (Lipinski definition) is 7. The van der Waals surface area contributed by atoms with E-state index < -0.39 is 29.8 Å². The van der Waals surface area contributed by atoms with Gasteiger partial charge in [0.25, 0.3) is 0 Å². The van der Waals surface area contributed by atoms with Crippen LogP contribution in [-0.2, 0) is 21.3 Å². The van der Waals surface area contributed by atoms with Gasteiger partial charge >= 0.3 is 0 Å². The number of nitrogens with one attached hydrogen (secondary N) is 1. The Balaban J connectivity index is 2.07. The van der Waals surface area contributed by atoms with Gasteiger partial charge in [0, 0.05) is 32.5 Å². The van der Waals surface area contributed by atoms with Crippen LogP contribution >= 0.6 is 22.9 Å². The molecule has 7 nitrogen and oxygen atoms in total. The number of imidazole rings is 1. The van der Waals surface area contributed by atoms with E-state index in [9.17, 15) is 12.8 Å². The van der Waals surface area contributed by atoms with Crippen LogP contribution in [0.5, 0.6) is 0 Å². The molecule has 0 spiro atoms. The van der Waals surface area contributed by atoms with Crippen LogP contribution < -0.4 is 5.32 Å². The highest BCUT2D eigenvalue weighted by Gasteiger charge is 2.28. The zero-order valence-corrected chi connectivity index (χ0v) is 22.6. The first-order chi connectivity index (χ1) is 15.4. The maximum absolute atomic E-state index is 13.9. The monoisotopic (exact) mass is 530 g/mol. The van der Waals surface area contributed by atoms with Crippen LogP contribution in [0.25, 0.3) is 0 Å².